The maximum Gasteiger partial charge on any atom is 0.154 e. The van der Waals surface area contributed by atoms with Crippen molar-refractivity contribution in [2.75, 3.05) is 6.26 Å². The number of fused-ring (bicyclic) bond motifs is 1. The molecule has 0 amide bonds. The first-order valence-electron chi connectivity index (χ1n) is 4.54. The van der Waals surface area contributed by atoms with Crippen molar-refractivity contribution in [1.29, 1.82) is 0 Å². The van der Waals surface area contributed by atoms with Gasteiger partial charge < -0.3 is 4.18 Å². The lowest BCUT2D eigenvalue weighted by molar-refractivity contribution is 0.112. The molecule has 2 aromatic rings. The molecule has 0 saturated carbocycles. The second-order valence-corrected chi connectivity index (χ2v) is 3.57. The van der Waals surface area contributed by atoms with Gasteiger partial charge in [-0.3, -0.25) is 4.79 Å². The first kappa shape index (κ1) is 10.1. The van der Waals surface area contributed by atoms with Gasteiger partial charge in [-0.2, -0.15) is 0 Å². The predicted octanol–water partition coefficient (Wildman–Crippen LogP) is 3.31. The SMILES string of the molecule is CSOc1ccc2ccccc2c1C=O. The Labute approximate surface area is 92.5 Å². The maximum atomic E-state index is 11.0. The fraction of sp³-hybridized carbons (Fsp3) is 0.0833. The molecule has 0 N–H and O–H groups in total. The molecule has 0 unspecified atom stereocenters. The van der Waals surface area contributed by atoms with E-state index < -0.39 is 0 Å². The van der Waals surface area contributed by atoms with E-state index in [0.29, 0.717) is 11.3 Å². The van der Waals surface area contributed by atoms with E-state index in [9.17, 15) is 4.79 Å². The standard InChI is InChI=1S/C12H10O2S/c1-15-14-12-7-6-9-4-2-3-5-10(9)11(12)8-13/h2-8H,1H3. The van der Waals surface area contributed by atoms with Gasteiger partial charge >= 0.3 is 0 Å². The van der Waals surface area contributed by atoms with Gasteiger partial charge in [0.05, 0.1) is 17.6 Å². The molecule has 0 fully saturated rings. The lowest BCUT2D eigenvalue weighted by Crippen LogP contribution is -1.89. The van der Waals surface area contributed by atoms with Crippen LogP contribution >= 0.6 is 12.0 Å². The van der Waals surface area contributed by atoms with Gasteiger partial charge in [-0.1, -0.05) is 30.3 Å². The van der Waals surface area contributed by atoms with Crippen LogP contribution < -0.4 is 4.18 Å². The zero-order valence-electron chi connectivity index (χ0n) is 8.27. The van der Waals surface area contributed by atoms with Crippen LogP contribution in [0.2, 0.25) is 0 Å². The molecular weight excluding hydrogens is 208 g/mol. The smallest absolute Gasteiger partial charge is 0.154 e. The summed E-state index contributed by atoms with van der Waals surface area (Å²) in [5, 5.41) is 1.98. The predicted molar refractivity (Wildman–Crippen MR) is 63.5 cm³/mol. The van der Waals surface area contributed by atoms with Crippen molar-refractivity contribution in [3.8, 4) is 5.75 Å². The lowest BCUT2D eigenvalue weighted by Gasteiger charge is -2.07. The van der Waals surface area contributed by atoms with Crippen LogP contribution in [0.4, 0.5) is 0 Å². The molecule has 2 nitrogen and oxygen atoms in total. The highest BCUT2D eigenvalue weighted by atomic mass is 32.2. The van der Waals surface area contributed by atoms with Crippen molar-refractivity contribution in [1.82, 2.24) is 0 Å². The van der Waals surface area contributed by atoms with Gasteiger partial charge in [-0.15, -0.1) is 0 Å². The third-order valence-electron chi connectivity index (χ3n) is 2.22. The van der Waals surface area contributed by atoms with E-state index in [1.165, 1.54) is 12.0 Å². The second-order valence-electron chi connectivity index (χ2n) is 3.07. The van der Waals surface area contributed by atoms with Gasteiger partial charge in [-0.25, -0.2) is 0 Å². The molecule has 3 heteroatoms. The molecule has 0 bridgehead atoms. The van der Waals surface area contributed by atoms with E-state index >= 15 is 0 Å². The van der Waals surface area contributed by atoms with Crippen LogP contribution in [0.25, 0.3) is 10.8 Å². The van der Waals surface area contributed by atoms with E-state index in [1.807, 2.05) is 42.7 Å². The number of carbonyl (C=O) groups excluding carboxylic acids is 1. The van der Waals surface area contributed by atoms with Crippen molar-refractivity contribution in [2.24, 2.45) is 0 Å². The van der Waals surface area contributed by atoms with Gasteiger partial charge in [0.1, 0.15) is 5.75 Å². The Bertz CT molecular complexity index is 494. The summed E-state index contributed by atoms with van der Waals surface area (Å²) in [6.45, 7) is 0. The van der Waals surface area contributed by atoms with Crippen molar-refractivity contribution >= 4 is 29.1 Å². The molecule has 0 aromatic heterocycles. The second kappa shape index (κ2) is 4.36. The fourth-order valence-electron chi connectivity index (χ4n) is 1.56. The van der Waals surface area contributed by atoms with Gasteiger partial charge in [0.2, 0.25) is 0 Å². The van der Waals surface area contributed by atoms with Crippen molar-refractivity contribution < 1.29 is 8.98 Å². The topological polar surface area (TPSA) is 26.3 Å². The van der Waals surface area contributed by atoms with Gasteiger partial charge in [-0.05, 0) is 16.8 Å². The summed E-state index contributed by atoms with van der Waals surface area (Å²) in [5.74, 6) is 0.621. The van der Waals surface area contributed by atoms with Crippen LogP contribution in [-0.2, 0) is 0 Å². The zero-order chi connectivity index (χ0) is 10.7. The molecule has 76 valence electrons. The summed E-state index contributed by atoms with van der Waals surface area (Å²) < 4.78 is 5.32. The first-order valence-corrected chi connectivity index (χ1v) is 5.69. The summed E-state index contributed by atoms with van der Waals surface area (Å²) in [6.07, 6.45) is 2.66. The molecule has 2 aromatic carbocycles. The van der Waals surface area contributed by atoms with Crippen LogP contribution in [0.15, 0.2) is 36.4 Å². The molecular formula is C12H10O2S. The van der Waals surface area contributed by atoms with Crippen LogP contribution in [0.3, 0.4) is 0 Å². The van der Waals surface area contributed by atoms with E-state index in [4.69, 9.17) is 4.18 Å². The maximum absolute atomic E-state index is 11.0. The van der Waals surface area contributed by atoms with Gasteiger partial charge in [0, 0.05) is 6.26 Å². The number of aldehydes is 1. The zero-order valence-corrected chi connectivity index (χ0v) is 9.08. The first-order chi connectivity index (χ1) is 7.36. The molecule has 0 radical (unpaired) electrons. The molecule has 2 rings (SSSR count). The van der Waals surface area contributed by atoms with Crippen molar-refractivity contribution in [2.45, 2.75) is 0 Å². The fourth-order valence-corrected chi connectivity index (χ4v) is 1.88. The van der Waals surface area contributed by atoms with Crippen LogP contribution in [0, 0.1) is 0 Å². The van der Waals surface area contributed by atoms with E-state index in [2.05, 4.69) is 0 Å². The minimum atomic E-state index is 0.613. The highest BCUT2D eigenvalue weighted by Crippen LogP contribution is 2.28. The summed E-state index contributed by atoms with van der Waals surface area (Å²) in [5.41, 5.74) is 0.613. The number of benzene rings is 2. The summed E-state index contributed by atoms with van der Waals surface area (Å²) in [4.78, 5) is 11.0. The Hall–Kier alpha value is -1.48. The lowest BCUT2D eigenvalue weighted by atomic mass is 10.0. The van der Waals surface area contributed by atoms with E-state index in [0.717, 1.165) is 17.1 Å². The van der Waals surface area contributed by atoms with Crippen LogP contribution in [0.1, 0.15) is 10.4 Å². The summed E-state index contributed by atoms with van der Waals surface area (Å²) in [6, 6.07) is 11.5. The third kappa shape index (κ3) is 1.83. The minimum absolute atomic E-state index is 0.613. The van der Waals surface area contributed by atoms with E-state index in [-0.39, 0.29) is 0 Å². The number of hydrogen-bond donors (Lipinski definition) is 0. The monoisotopic (exact) mass is 218 g/mol. The van der Waals surface area contributed by atoms with Gasteiger partial charge in [0.15, 0.2) is 6.29 Å². The highest BCUT2D eigenvalue weighted by Gasteiger charge is 2.07. The molecule has 0 aliphatic carbocycles. The van der Waals surface area contributed by atoms with Crippen molar-refractivity contribution in [3.05, 3.63) is 42.0 Å². The summed E-state index contributed by atoms with van der Waals surface area (Å²) >= 11 is 1.23. The molecule has 0 aliphatic rings. The Kier molecular flexibility index (Phi) is 2.92. The van der Waals surface area contributed by atoms with E-state index in [1.54, 1.807) is 0 Å². The molecule has 15 heavy (non-hydrogen) atoms. The largest absolute Gasteiger partial charge is 0.425 e. The molecule has 0 spiro atoms. The number of hydrogen-bond acceptors (Lipinski definition) is 3. The number of rotatable bonds is 3. The van der Waals surface area contributed by atoms with Crippen molar-refractivity contribution in [3.63, 3.8) is 0 Å². The molecule has 0 aliphatic heterocycles. The normalized spacial score (nSPS) is 10.2. The highest BCUT2D eigenvalue weighted by molar-refractivity contribution is 7.94. The van der Waals surface area contributed by atoms with Gasteiger partial charge in [0.25, 0.3) is 0 Å². The Morgan fingerprint density at radius 2 is 2.00 bits per heavy atom. The minimum Gasteiger partial charge on any atom is -0.425 e. The average Bonchev–Trinajstić information content (AvgIpc) is 2.29. The van der Waals surface area contributed by atoms with Crippen LogP contribution in [0.5, 0.6) is 5.75 Å². The molecule has 0 saturated heterocycles. The molecule has 0 heterocycles. The average molecular weight is 218 g/mol. The molecule has 0 atom stereocenters. The quantitative estimate of drug-likeness (QED) is 0.584. The Morgan fingerprint density at radius 3 is 2.73 bits per heavy atom. The Balaban J connectivity index is 2.69. The Morgan fingerprint density at radius 1 is 1.20 bits per heavy atom. The number of carbonyl (C=O) groups is 1. The third-order valence-corrected chi connectivity index (χ3v) is 2.57. The van der Waals surface area contributed by atoms with Crippen LogP contribution in [-0.4, -0.2) is 12.5 Å². The summed E-state index contributed by atoms with van der Waals surface area (Å²) in [7, 11) is 0.